The molecule has 0 amide bonds. The molecule has 1 aromatic heterocycles. The highest BCUT2D eigenvalue weighted by atomic mass is 35.5. The summed E-state index contributed by atoms with van der Waals surface area (Å²) in [6.07, 6.45) is 2.50. The van der Waals surface area contributed by atoms with Crippen molar-refractivity contribution in [3.05, 3.63) is 41.9 Å². The van der Waals surface area contributed by atoms with Crippen LogP contribution in [0.15, 0.2) is 41.8 Å². The Labute approximate surface area is 134 Å². The van der Waals surface area contributed by atoms with Gasteiger partial charge in [0.25, 0.3) is 0 Å². The first-order chi connectivity index (χ1) is 9.73. The zero-order valence-corrected chi connectivity index (χ0v) is 14.2. The Morgan fingerprint density at radius 1 is 1.19 bits per heavy atom. The molecule has 0 saturated carbocycles. The fraction of sp³-hybridized carbons (Fsp3) is 0.467. The molecular weight excluding hydrogens is 306 g/mol. The van der Waals surface area contributed by atoms with Gasteiger partial charge in [0.05, 0.1) is 6.10 Å². The normalized spacial score (nSPS) is 16.5. The van der Waals surface area contributed by atoms with E-state index in [0.717, 1.165) is 4.90 Å². The van der Waals surface area contributed by atoms with Crippen molar-refractivity contribution in [2.24, 2.45) is 5.41 Å². The summed E-state index contributed by atoms with van der Waals surface area (Å²) in [6, 6.07) is 7.57. The predicted molar refractivity (Wildman–Crippen MR) is 86.4 cm³/mol. The zero-order chi connectivity index (χ0) is 15.7. The maximum absolute atomic E-state index is 10.9. The SMILES string of the molecule is CC(C)(C)C(O)C(C)(Sc1ccc(Cl)cc1)n1cncn1. The molecule has 1 aromatic carbocycles. The smallest absolute Gasteiger partial charge is 0.137 e. The molecule has 0 fully saturated rings. The van der Waals surface area contributed by atoms with Crippen LogP contribution in [-0.4, -0.2) is 26.0 Å². The first-order valence-electron chi connectivity index (χ1n) is 6.71. The van der Waals surface area contributed by atoms with E-state index in [1.165, 1.54) is 6.33 Å². The third kappa shape index (κ3) is 3.59. The van der Waals surface area contributed by atoms with Gasteiger partial charge < -0.3 is 5.11 Å². The van der Waals surface area contributed by atoms with Crippen LogP contribution in [0.1, 0.15) is 27.7 Å². The van der Waals surface area contributed by atoms with Crippen LogP contribution in [0, 0.1) is 5.41 Å². The van der Waals surface area contributed by atoms with Crippen molar-refractivity contribution in [1.29, 1.82) is 0 Å². The number of aromatic nitrogens is 3. The highest BCUT2D eigenvalue weighted by Crippen LogP contribution is 2.44. The van der Waals surface area contributed by atoms with Crippen LogP contribution in [0.5, 0.6) is 0 Å². The van der Waals surface area contributed by atoms with Crippen molar-refractivity contribution in [2.75, 3.05) is 0 Å². The Bertz CT molecular complexity index is 580. The molecule has 0 aliphatic heterocycles. The lowest BCUT2D eigenvalue weighted by atomic mass is 9.85. The van der Waals surface area contributed by atoms with Crippen LogP contribution in [0.3, 0.4) is 0 Å². The van der Waals surface area contributed by atoms with Crippen LogP contribution < -0.4 is 0 Å². The number of rotatable bonds is 4. The van der Waals surface area contributed by atoms with Crippen molar-refractivity contribution < 1.29 is 5.11 Å². The molecule has 0 saturated heterocycles. The Morgan fingerprint density at radius 2 is 1.81 bits per heavy atom. The minimum absolute atomic E-state index is 0.292. The molecule has 0 radical (unpaired) electrons. The molecule has 6 heteroatoms. The van der Waals surface area contributed by atoms with E-state index >= 15 is 0 Å². The quantitative estimate of drug-likeness (QED) is 0.869. The topological polar surface area (TPSA) is 50.9 Å². The second-order valence-corrected chi connectivity index (χ2v) is 8.16. The van der Waals surface area contributed by atoms with Crippen molar-refractivity contribution >= 4 is 23.4 Å². The average Bonchev–Trinajstić information content (AvgIpc) is 2.94. The predicted octanol–water partition coefficient (Wildman–Crippen LogP) is 3.80. The maximum Gasteiger partial charge on any atom is 0.137 e. The molecule has 21 heavy (non-hydrogen) atoms. The van der Waals surface area contributed by atoms with Crippen LogP contribution in [0.2, 0.25) is 5.02 Å². The number of nitrogens with zero attached hydrogens (tertiary/aromatic N) is 3. The number of halogens is 1. The lowest BCUT2D eigenvalue weighted by Gasteiger charge is -2.40. The first-order valence-corrected chi connectivity index (χ1v) is 7.91. The summed E-state index contributed by atoms with van der Waals surface area (Å²) >= 11 is 7.48. The Morgan fingerprint density at radius 3 is 2.29 bits per heavy atom. The van der Waals surface area contributed by atoms with E-state index in [4.69, 9.17) is 11.6 Å². The summed E-state index contributed by atoms with van der Waals surface area (Å²) in [7, 11) is 0. The van der Waals surface area contributed by atoms with E-state index in [0.29, 0.717) is 5.02 Å². The summed E-state index contributed by atoms with van der Waals surface area (Å²) in [5, 5.41) is 15.8. The van der Waals surface area contributed by atoms with Crippen LogP contribution in [0.25, 0.3) is 0 Å². The molecule has 0 aliphatic rings. The van der Waals surface area contributed by atoms with E-state index in [9.17, 15) is 5.11 Å². The molecule has 2 aromatic rings. The molecule has 4 nitrogen and oxygen atoms in total. The highest BCUT2D eigenvalue weighted by Gasteiger charge is 2.43. The molecule has 0 aliphatic carbocycles. The molecule has 2 atom stereocenters. The van der Waals surface area contributed by atoms with Gasteiger partial charge in [0, 0.05) is 9.92 Å². The Kier molecular flexibility index (Phi) is 4.66. The summed E-state index contributed by atoms with van der Waals surface area (Å²) in [5.74, 6) is 0. The van der Waals surface area contributed by atoms with Crippen LogP contribution >= 0.6 is 23.4 Å². The molecule has 1 N–H and O–H groups in total. The van der Waals surface area contributed by atoms with Crippen molar-refractivity contribution in [2.45, 2.75) is 43.6 Å². The van der Waals surface area contributed by atoms with Gasteiger partial charge in [0.15, 0.2) is 0 Å². The second-order valence-electron chi connectivity index (χ2n) is 6.22. The van der Waals surface area contributed by atoms with Gasteiger partial charge in [-0.2, -0.15) is 5.10 Å². The van der Waals surface area contributed by atoms with E-state index in [1.807, 2.05) is 52.0 Å². The van der Waals surface area contributed by atoms with E-state index in [1.54, 1.807) is 22.8 Å². The molecule has 2 rings (SSSR count). The number of benzene rings is 1. The summed E-state index contributed by atoms with van der Waals surface area (Å²) in [5.41, 5.74) is -0.292. The molecule has 2 unspecified atom stereocenters. The fourth-order valence-electron chi connectivity index (χ4n) is 2.21. The van der Waals surface area contributed by atoms with Crippen molar-refractivity contribution in [3.63, 3.8) is 0 Å². The first kappa shape index (κ1) is 16.3. The van der Waals surface area contributed by atoms with Gasteiger partial charge in [-0.25, -0.2) is 9.67 Å². The number of hydrogen-bond acceptors (Lipinski definition) is 4. The number of hydrogen-bond donors (Lipinski definition) is 1. The monoisotopic (exact) mass is 325 g/mol. The summed E-state index contributed by atoms with van der Waals surface area (Å²) in [4.78, 5) is 4.37. The Balaban J connectivity index is 2.39. The average molecular weight is 326 g/mol. The molecule has 1 heterocycles. The zero-order valence-electron chi connectivity index (χ0n) is 12.6. The largest absolute Gasteiger partial charge is 0.389 e. The molecule has 0 spiro atoms. The van der Waals surface area contributed by atoms with E-state index in [-0.39, 0.29) is 5.41 Å². The number of thioether (sulfide) groups is 1. The van der Waals surface area contributed by atoms with Gasteiger partial charge in [0.1, 0.15) is 17.5 Å². The lowest BCUT2D eigenvalue weighted by molar-refractivity contribution is 0.00338. The van der Waals surface area contributed by atoms with Crippen molar-refractivity contribution in [1.82, 2.24) is 14.8 Å². The second kappa shape index (κ2) is 5.99. The molecular formula is C15H20ClN3OS. The third-order valence-corrected chi connectivity index (χ3v) is 4.92. The standard InChI is InChI=1S/C15H20ClN3OS/c1-14(2,3)13(20)15(4,19-10-17-9-18-19)21-12-7-5-11(16)6-8-12/h5-10,13,20H,1-4H3. The maximum atomic E-state index is 10.9. The third-order valence-electron chi connectivity index (χ3n) is 3.34. The van der Waals surface area contributed by atoms with E-state index in [2.05, 4.69) is 10.1 Å². The van der Waals surface area contributed by atoms with E-state index < -0.39 is 11.0 Å². The van der Waals surface area contributed by atoms with Crippen LogP contribution in [-0.2, 0) is 4.87 Å². The van der Waals surface area contributed by atoms with Gasteiger partial charge in [-0.05, 0) is 36.6 Å². The molecule has 114 valence electrons. The summed E-state index contributed by atoms with van der Waals surface area (Å²) in [6.45, 7) is 8.00. The minimum Gasteiger partial charge on any atom is -0.389 e. The van der Waals surface area contributed by atoms with Gasteiger partial charge in [-0.15, -0.1) is 0 Å². The lowest BCUT2D eigenvalue weighted by Crippen LogP contribution is -2.47. The molecule has 0 bridgehead atoms. The highest BCUT2D eigenvalue weighted by molar-refractivity contribution is 8.00. The summed E-state index contributed by atoms with van der Waals surface area (Å²) < 4.78 is 1.71. The fourth-order valence-corrected chi connectivity index (χ4v) is 3.74. The van der Waals surface area contributed by atoms with Crippen molar-refractivity contribution in [3.8, 4) is 0 Å². The minimum atomic E-state index is -0.664. The van der Waals surface area contributed by atoms with Gasteiger partial charge in [-0.3, -0.25) is 0 Å². The van der Waals surface area contributed by atoms with Gasteiger partial charge >= 0.3 is 0 Å². The Hall–Kier alpha value is -1.04. The number of aliphatic hydroxyl groups is 1. The van der Waals surface area contributed by atoms with Gasteiger partial charge in [0.2, 0.25) is 0 Å². The van der Waals surface area contributed by atoms with Crippen LogP contribution in [0.4, 0.5) is 0 Å². The number of aliphatic hydroxyl groups excluding tert-OH is 1. The van der Waals surface area contributed by atoms with Gasteiger partial charge in [-0.1, -0.05) is 44.1 Å².